The first-order chi connectivity index (χ1) is 13.0. The van der Waals surface area contributed by atoms with Crippen LogP contribution in [0.3, 0.4) is 0 Å². The lowest BCUT2D eigenvalue weighted by Gasteiger charge is -2.40. The number of piperidine rings is 1. The topological polar surface area (TPSA) is 58.6 Å². The van der Waals surface area contributed by atoms with Gasteiger partial charge in [-0.15, -0.1) is 0 Å². The minimum Gasteiger partial charge on any atom is -0.372 e. The largest absolute Gasteiger partial charge is 0.372 e. The minimum absolute atomic E-state index is 0.236. The molecule has 1 aromatic carbocycles. The van der Waals surface area contributed by atoms with E-state index in [-0.39, 0.29) is 11.5 Å². The summed E-state index contributed by atoms with van der Waals surface area (Å²) in [6, 6.07) is 7.93. The Hall–Kier alpha value is -2.21. The van der Waals surface area contributed by atoms with E-state index in [9.17, 15) is 4.79 Å². The van der Waals surface area contributed by atoms with Crippen molar-refractivity contribution < 1.29 is 9.53 Å². The molecular formula is C21H28N4O2. The second-order valence-electron chi connectivity index (χ2n) is 8.15. The fourth-order valence-electron chi connectivity index (χ4n) is 4.13. The van der Waals surface area contributed by atoms with Crippen molar-refractivity contribution in [1.29, 1.82) is 0 Å². The van der Waals surface area contributed by atoms with E-state index in [0.717, 1.165) is 49.3 Å². The van der Waals surface area contributed by atoms with Crippen LogP contribution in [-0.2, 0) is 9.53 Å². The molecule has 6 heteroatoms. The Morgan fingerprint density at radius 1 is 1.15 bits per heavy atom. The number of hydrogen-bond acceptors (Lipinski definition) is 5. The molecule has 0 bridgehead atoms. The van der Waals surface area contributed by atoms with E-state index < -0.39 is 0 Å². The van der Waals surface area contributed by atoms with Crippen molar-refractivity contribution in [3.8, 4) is 0 Å². The van der Waals surface area contributed by atoms with Gasteiger partial charge in [-0.1, -0.05) is 26.0 Å². The van der Waals surface area contributed by atoms with Crippen molar-refractivity contribution in [3.63, 3.8) is 0 Å². The summed E-state index contributed by atoms with van der Waals surface area (Å²) in [6.45, 7) is 8.13. The molecular weight excluding hydrogens is 340 g/mol. The molecule has 144 valence electrons. The van der Waals surface area contributed by atoms with E-state index in [1.165, 1.54) is 0 Å². The van der Waals surface area contributed by atoms with Crippen molar-refractivity contribution in [2.45, 2.75) is 38.7 Å². The van der Waals surface area contributed by atoms with Gasteiger partial charge in [-0.3, -0.25) is 9.78 Å². The zero-order valence-corrected chi connectivity index (χ0v) is 16.2. The highest BCUT2D eigenvalue weighted by Crippen LogP contribution is 2.34. The molecule has 0 atom stereocenters. The van der Waals surface area contributed by atoms with Crippen LogP contribution in [0.15, 0.2) is 30.5 Å². The quantitative estimate of drug-likeness (QED) is 0.834. The second kappa shape index (κ2) is 7.43. The lowest BCUT2D eigenvalue weighted by molar-refractivity contribution is -0.134. The fraction of sp³-hybridized carbons (Fsp3) is 0.571. The maximum Gasteiger partial charge on any atom is 0.225 e. The summed E-state index contributed by atoms with van der Waals surface area (Å²) in [5.41, 5.74) is 1.52. The zero-order valence-electron chi connectivity index (χ0n) is 16.2. The molecule has 1 amide bonds. The second-order valence-corrected chi connectivity index (χ2v) is 8.15. The standard InChI is InChI=1S/C21H28N4O2/c1-16(2)15-25-11-12-27-21(13-20(25)26)7-9-24(10-8-21)19-14-22-17-5-3-4-6-18(17)23-19/h3-6,14,16H,7-13,15H2,1-2H3. The highest BCUT2D eigenvalue weighted by molar-refractivity contribution is 5.78. The molecule has 0 radical (unpaired) electrons. The molecule has 1 spiro atoms. The number of nitrogens with zero attached hydrogens (tertiary/aromatic N) is 4. The van der Waals surface area contributed by atoms with Crippen molar-refractivity contribution >= 4 is 22.8 Å². The number of aromatic nitrogens is 2. The van der Waals surface area contributed by atoms with Crippen LogP contribution in [0.25, 0.3) is 11.0 Å². The van der Waals surface area contributed by atoms with Gasteiger partial charge in [0.15, 0.2) is 0 Å². The van der Waals surface area contributed by atoms with Crippen LogP contribution in [0.2, 0.25) is 0 Å². The predicted molar refractivity (Wildman–Crippen MR) is 106 cm³/mol. The first-order valence-corrected chi connectivity index (χ1v) is 9.93. The molecule has 2 fully saturated rings. The van der Waals surface area contributed by atoms with Crippen LogP contribution in [0.1, 0.15) is 33.1 Å². The molecule has 0 saturated carbocycles. The molecule has 2 aromatic rings. The van der Waals surface area contributed by atoms with Crippen LogP contribution in [-0.4, -0.2) is 59.2 Å². The third-order valence-corrected chi connectivity index (χ3v) is 5.62. The molecule has 2 saturated heterocycles. The minimum atomic E-state index is -0.316. The van der Waals surface area contributed by atoms with Gasteiger partial charge in [-0.05, 0) is 30.9 Å². The molecule has 0 N–H and O–H groups in total. The number of carbonyl (C=O) groups is 1. The Morgan fingerprint density at radius 2 is 1.89 bits per heavy atom. The molecule has 0 unspecified atom stereocenters. The van der Waals surface area contributed by atoms with Crippen LogP contribution >= 0.6 is 0 Å². The summed E-state index contributed by atoms with van der Waals surface area (Å²) in [4.78, 5) is 26.2. The smallest absolute Gasteiger partial charge is 0.225 e. The number of carbonyl (C=O) groups excluding carboxylic acids is 1. The van der Waals surface area contributed by atoms with E-state index in [4.69, 9.17) is 9.72 Å². The van der Waals surface area contributed by atoms with Gasteiger partial charge in [0.25, 0.3) is 0 Å². The Morgan fingerprint density at radius 3 is 2.63 bits per heavy atom. The molecule has 3 heterocycles. The number of hydrogen-bond donors (Lipinski definition) is 0. The molecule has 2 aliphatic heterocycles. The van der Waals surface area contributed by atoms with E-state index in [1.54, 1.807) is 0 Å². The van der Waals surface area contributed by atoms with E-state index >= 15 is 0 Å². The van der Waals surface area contributed by atoms with Gasteiger partial charge in [-0.2, -0.15) is 0 Å². The maximum atomic E-state index is 12.7. The first kappa shape index (κ1) is 18.2. The monoisotopic (exact) mass is 368 g/mol. The zero-order chi connectivity index (χ0) is 18.9. The summed E-state index contributed by atoms with van der Waals surface area (Å²) in [5, 5.41) is 0. The number of para-hydroxylation sites is 2. The predicted octanol–water partition coefficient (Wildman–Crippen LogP) is 2.87. The maximum absolute atomic E-state index is 12.7. The van der Waals surface area contributed by atoms with Crippen LogP contribution in [0.5, 0.6) is 0 Å². The average molecular weight is 368 g/mol. The molecule has 6 nitrogen and oxygen atoms in total. The van der Waals surface area contributed by atoms with Crippen LogP contribution in [0.4, 0.5) is 5.82 Å². The number of anilines is 1. The van der Waals surface area contributed by atoms with Crippen molar-refractivity contribution in [1.82, 2.24) is 14.9 Å². The molecule has 27 heavy (non-hydrogen) atoms. The molecule has 2 aliphatic rings. The van der Waals surface area contributed by atoms with Gasteiger partial charge in [0, 0.05) is 26.2 Å². The van der Waals surface area contributed by atoms with E-state index in [0.29, 0.717) is 25.5 Å². The van der Waals surface area contributed by atoms with Gasteiger partial charge in [0.1, 0.15) is 5.82 Å². The van der Waals surface area contributed by atoms with Crippen LogP contribution < -0.4 is 4.90 Å². The van der Waals surface area contributed by atoms with Crippen molar-refractivity contribution in [3.05, 3.63) is 30.5 Å². The Kier molecular flexibility index (Phi) is 5.00. The van der Waals surface area contributed by atoms with Gasteiger partial charge in [0.2, 0.25) is 5.91 Å². The molecule has 4 rings (SSSR count). The molecule has 1 aromatic heterocycles. The normalized spacial score (nSPS) is 20.5. The fourth-order valence-corrected chi connectivity index (χ4v) is 4.13. The van der Waals surface area contributed by atoms with Gasteiger partial charge < -0.3 is 14.5 Å². The number of rotatable bonds is 3. The summed E-state index contributed by atoms with van der Waals surface area (Å²) < 4.78 is 6.24. The summed E-state index contributed by atoms with van der Waals surface area (Å²) in [6.07, 6.45) is 4.05. The van der Waals surface area contributed by atoms with Crippen molar-refractivity contribution in [2.24, 2.45) is 5.92 Å². The number of amides is 1. The SMILES string of the molecule is CC(C)CN1CCOC2(CCN(c3cnc4ccccc4n3)CC2)CC1=O. The van der Waals surface area contributed by atoms with Crippen LogP contribution in [0, 0.1) is 5.92 Å². The van der Waals surface area contributed by atoms with Gasteiger partial charge in [0.05, 0.1) is 35.9 Å². The highest BCUT2D eigenvalue weighted by atomic mass is 16.5. The lowest BCUT2D eigenvalue weighted by atomic mass is 9.87. The summed E-state index contributed by atoms with van der Waals surface area (Å²) in [5.74, 6) is 1.63. The summed E-state index contributed by atoms with van der Waals surface area (Å²) in [7, 11) is 0. The van der Waals surface area contributed by atoms with Gasteiger partial charge >= 0.3 is 0 Å². The Balaban J connectivity index is 1.43. The Bertz CT molecular complexity index is 815. The number of fused-ring (bicyclic) bond motifs is 1. The Labute approximate surface area is 160 Å². The molecule has 0 aliphatic carbocycles. The van der Waals surface area contributed by atoms with Crippen molar-refractivity contribution in [2.75, 3.05) is 37.7 Å². The summed E-state index contributed by atoms with van der Waals surface area (Å²) >= 11 is 0. The number of benzene rings is 1. The van der Waals surface area contributed by atoms with E-state index in [2.05, 4.69) is 23.7 Å². The average Bonchev–Trinajstić information content (AvgIpc) is 2.81. The van der Waals surface area contributed by atoms with Gasteiger partial charge in [-0.25, -0.2) is 4.98 Å². The lowest BCUT2D eigenvalue weighted by Crippen LogP contribution is -2.47. The highest BCUT2D eigenvalue weighted by Gasteiger charge is 2.41. The third kappa shape index (κ3) is 3.90. The van der Waals surface area contributed by atoms with E-state index in [1.807, 2.05) is 35.4 Å². The first-order valence-electron chi connectivity index (χ1n) is 9.93. The number of ether oxygens (including phenoxy) is 1. The third-order valence-electron chi connectivity index (χ3n) is 5.62.